The summed E-state index contributed by atoms with van der Waals surface area (Å²) in [6.07, 6.45) is 0.640. The third kappa shape index (κ3) is 8.76. The van der Waals surface area contributed by atoms with Gasteiger partial charge in [0.05, 0.1) is 13.2 Å². The molecule has 0 aliphatic carbocycles. The zero-order chi connectivity index (χ0) is 22.4. The Kier molecular flexibility index (Phi) is 12.1. The molecule has 0 radical (unpaired) electrons. The summed E-state index contributed by atoms with van der Waals surface area (Å²) in [5.74, 6) is -0.712. The van der Waals surface area contributed by atoms with Crippen molar-refractivity contribution in [2.45, 2.75) is 64.0 Å². The number of carbonyl (C=O) groups excluding carboxylic acids is 1. The van der Waals surface area contributed by atoms with Gasteiger partial charge in [-0.2, -0.15) is 4.98 Å². The predicted molar refractivity (Wildman–Crippen MR) is 107 cm³/mol. The average Bonchev–Trinajstić information content (AvgIpc) is 2.72. The number of aromatic nitrogens is 2. The van der Waals surface area contributed by atoms with Crippen molar-refractivity contribution in [1.82, 2.24) is 9.55 Å². The summed E-state index contributed by atoms with van der Waals surface area (Å²) in [7, 11) is 0. The van der Waals surface area contributed by atoms with Gasteiger partial charge in [0, 0.05) is 24.1 Å². The van der Waals surface area contributed by atoms with Gasteiger partial charge in [0.2, 0.25) is 0 Å². The number of nitrogens with zero attached hydrogens (tertiary/aromatic N) is 5. The van der Waals surface area contributed by atoms with E-state index in [0.717, 1.165) is 30.3 Å². The fourth-order valence-electron chi connectivity index (χ4n) is 2.69. The maximum absolute atomic E-state index is 15.2. The van der Waals surface area contributed by atoms with E-state index >= 15 is 4.39 Å². The topological polar surface area (TPSA) is 165 Å². The molecule has 0 aromatic carbocycles. The van der Waals surface area contributed by atoms with Gasteiger partial charge in [-0.25, -0.2) is 9.18 Å². The number of aliphatic hydroxyl groups excluding tert-OH is 1. The van der Waals surface area contributed by atoms with Crippen LogP contribution in [0.25, 0.3) is 10.4 Å². The molecule has 0 bridgehead atoms. The van der Waals surface area contributed by atoms with Gasteiger partial charge in [-0.3, -0.25) is 9.36 Å². The molecule has 168 valence electrons. The molecule has 1 aromatic rings. The summed E-state index contributed by atoms with van der Waals surface area (Å²) in [4.78, 5) is 30.2. The van der Waals surface area contributed by atoms with Crippen LogP contribution in [0.15, 0.2) is 22.2 Å². The first-order valence-corrected chi connectivity index (χ1v) is 9.86. The zero-order valence-corrected chi connectivity index (χ0v) is 17.0. The van der Waals surface area contributed by atoms with Crippen molar-refractivity contribution in [3.63, 3.8) is 0 Å². The molecule has 11 nitrogen and oxygen atoms in total. The maximum atomic E-state index is 15.2. The lowest BCUT2D eigenvalue weighted by molar-refractivity contribution is -0.165. The van der Waals surface area contributed by atoms with Crippen LogP contribution in [-0.4, -0.2) is 52.7 Å². The van der Waals surface area contributed by atoms with Crippen molar-refractivity contribution in [1.29, 1.82) is 0 Å². The number of halogens is 1. The van der Waals surface area contributed by atoms with Crippen LogP contribution in [0.4, 0.5) is 10.2 Å². The number of rotatable bonds is 15. The smallest absolute Gasteiger partial charge is 0.351 e. The van der Waals surface area contributed by atoms with Gasteiger partial charge >= 0.3 is 11.7 Å². The van der Waals surface area contributed by atoms with Crippen LogP contribution in [-0.2, 0) is 14.3 Å². The van der Waals surface area contributed by atoms with Gasteiger partial charge in [0.25, 0.3) is 0 Å². The van der Waals surface area contributed by atoms with Gasteiger partial charge in [0.15, 0.2) is 18.5 Å². The summed E-state index contributed by atoms with van der Waals surface area (Å²) in [5.41, 5.74) is 12.9. The molecular formula is C18H29FN6O5. The van der Waals surface area contributed by atoms with Gasteiger partial charge in [-0.05, 0) is 18.0 Å². The highest BCUT2D eigenvalue weighted by molar-refractivity contribution is 5.69. The normalized spacial score (nSPS) is 13.8. The van der Waals surface area contributed by atoms with Crippen molar-refractivity contribution in [2.75, 3.05) is 25.5 Å². The first-order valence-electron chi connectivity index (χ1n) is 9.86. The van der Waals surface area contributed by atoms with Crippen LogP contribution in [0, 0.1) is 0 Å². The molecule has 0 amide bonds. The molecule has 0 aliphatic rings. The number of nitrogens with two attached hydrogens (primary N) is 1. The Bertz CT molecular complexity index is 755. The maximum Gasteiger partial charge on any atom is 0.351 e. The lowest BCUT2D eigenvalue weighted by atomic mass is 10.1. The number of aliphatic hydroxyl groups is 1. The number of ether oxygens (including phenoxy) is 2. The highest BCUT2D eigenvalue weighted by Gasteiger charge is 2.35. The minimum Gasteiger partial charge on any atom is -0.457 e. The Morgan fingerprint density at radius 2 is 2.17 bits per heavy atom. The molecule has 0 spiro atoms. The SMILES string of the molecule is CCCCCCCC(=O)O[C@H](CO)[C@@H](F)[C@@H](OCCN=[N+]=[N-])n1ccc(N)nc1=O. The molecule has 12 heteroatoms. The van der Waals surface area contributed by atoms with Crippen LogP contribution in [0.5, 0.6) is 0 Å². The van der Waals surface area contributed by atoms with Gasteiger partial charge in [0.1, 0.15) is 5.82 Å². The zero-order valence-electron chi connectivity index (χ0n) is 17.0. The van der Waals surface area contributed by atoms with E-state index in [9.17, 15) is 14.7 Å². The summed E-state index contributed by atoms with van der Waals surface area (Å²) in [6.45, 7) is 0.943. The Morgan fingerprint density at radius 1 is 1.43 bits per heavy atom. The Hall–Kier alpha value is -2.69. The van der Waals surface area contributed by atoms with Crippen LogP contribution in [0.3, 0.4) is 0 Å². The number of unbranched alkanes of at least 4 members (excludes halogenated alkanes) is 4. The fourth-order valence-corrected chi connectivity index (χ4v) is 2.69. The summed E-state index contributed by atoms with van der Waals surface area (Å²) >= 11 is 0. The minimum atomic E-state index is -2.09. The Labute approximate surface area is 173 Å². The third-order valence-corrected chi connectivity index (χ3v) is 4.24. The van der Waals surface area contributed by atoms with Crippen molar-refractivity contribution >= 4 is 11.8 Å². The number of nitrogen functional groups attached to an aromatic ring is 1. The predicted octanol–water partition coefficient (Wildman–Crippen LogP) is 2.25. The van der Waals surface area contributed by atoms with Crippen molar-refractivity contribution < 1.29 is 23.8 Å². The lowest BCUT2D eigenvalue weighted by Crippen LogP contribution is -2.42. The summed E-state index contributed by atoms with van der Waals surface area (Å²) in [5, 5.41) is 12.8. The number of hydrogen-bond donors (Lipinski definition) is 2. The first-order chi connectivity index (χ1) is 14.4. The molecule has 0 unspecified atom stereocenters. The second-order valence-electron chi connectivity index (χ2n) is 6.58. The highest BCUT2D eigenvalue weighted by atomic mass is 19.1. The monoisotopic (exact) mass is 428 g/mol. The number of hydrogen-bond acceptors (Lipinski definition) is 8. The number of anilines is 1. The standard InChI is InChI=1S/C18H29FN6O5/c1-2-3-4-5-6-7-15(27)30-13(12-26)16(19)17(29-11-9-22-24-21)25-10-8-14(20)23-18(25)28/h8,10,13,16-17,26H,2-7,9,11-12H2,1H3,(H2,20,23,28)/t13-,16-,17-/m1/s1. The molecule has 3 N–H and O–H groups in total. The van der Waals surface area contributed by atoms with E-state index < -0.39 is 36.8 Å². The van der Waals surface area contributed by atoms with Crippen molar-refractivity contribution in [2.24, 2.45) is 5.11 Å². The Balaban J connectivity index is 2.85. The first kappa shape index (κ1) is 25.3. The summed E-state index contributed by atoms with van der Waals surface area (Å²) in [6, 6.07) is 1.27. The minimum absolute atomic E-state index is 0.0623. The largest absolute Gasteiger partial charge is 0.457 e. The lowest BCUT2D eigenvalue weighted by Gasteiger charge is -2.28. The molecule has 30 heavy (non-hydrogen) atoms. The van der Waals surface area contributed by atoms with Crippen LogP contribution < -0.4 is 11.4 Å². The molecular weight excluding hydrogens is 399 g/mol. The third-order valence-electron chi connectivity index (χ3n) is 4.24. The van der Waals surface area contributed by atoms with E-state index in [0.29, 0.717) is 6.42 Å². The average molecular weight is 428 g/mol. The number of carbonyl (C=O) groups is 1. The molecule has 1 heterocycles. The van der Waals surface area contributed by atoms with Gasteiger partial charge < -0.3 is 20.3 Å². The number of esters is 1. The Morgan fingerprint density at radius 3 is 2.80 bits per heavy atom. The van der Waals surface area contributed by atoms with Crippen molar-refractivity contribution in [3.8, 4) is 0 Å². The van der Waals surface area contributed by atoms with Crippen LogP contribution in [0.1, 0.15) is 51.7 Å². The van der Waals surface area contributed by atoms with Gasteiger partial charge in [-0.1, -0.05) is 37.7 Å². The number of alkyl halides is 1. The van der Waals surface area contributed by atoms with Crippen molar-refractivity contribution in [3.05, 3.63) is 33.2 Å². The molecule has 0 aliphatic heterocycles. The van der Waals surface area contributed by atoms with E-state index in [-0.39, 0.29) is 25.4 Å². The van der Waals surface area contributed by atoms with E-state index in [1.165, 1.54) is 12.3 Å². The van der Waals surface area contributed by atoms with Gasteiger partial charge in [-0.15, -0.1) is 0 Å². The molecule has 1 rings (SSSR count). The second-order valence-corrected chi connectivity index (χ2v) is 6.58. The second kappa shape index (κ2) is 14.3. The molecule has 1 aromatic heterocycles. The van der Waals surface area contributed by atoms with E-state index in [4.69, 9.17) is 20.7 Å². The molecule has 3 atom stereocenters. The quantitative estimate of drug-likeness (QED) is 0.142. The molecule has 0 saturated carbocycles. The van der Waals surface area contributed by atoms with E-state index in [2.05, 4.69) is 21.9 Å². The molecule has 0 fully saturated rings. The van der Waals surface area contributed by atoms with Crippen LogP contribution >= 0.6 is 0 Å². The number of azide groups is 1. The highest BCUT2D eigenvalue weighted by Crippen LogP contribution is 2.21. The van der Waals surface area contributed by atoms with E-state index in [1.807, 2.05) is 0 Å². The summed E-state index contributed by atoms with van der Waals surface area (Å²) < 4.78 is 26.4. The van der Waals surface area contributed by atoms with E-state index in [1.54, 1.807) is 0 Å². The van der Waals surface area contributed by atoms with Crippen LogP contribution in [0.2, 0.25) is 0 Å². The fraction of sp³-hybridized carbons (Fsp3) is 0.722. The molecule has 0 saturated heterocycles.